The van der Waals surface area contributed by atoms with Crippen molar-refractivity contribution in [3.8, 4) is 17.2 Å². The van der Waals surface area contributed by atoms with Gasteiger partial charge in [0.1, 0.15) is 28.2 Å². The summed E-state index contributed by atoms with van der Waals surface area (Å²) in [5, 5.41) is 0.444. The lowest BCUT2D eigenvalue weighted by atomic mass is 10.2. The number of aryl methyl sites for hydroxylation is 1. The van der Waals surface area contributed by atoms with Gasteiger partial charge in [-0.05, 0) is 44.5 Å². The number of para-hydroxylation sites is 2. The van der Waals surface area contributed by atoms with Crippen LogP contribution in [0.15, 0.2) is 47.3 Å². The fraction of sp³-hybridized carbons (Fsp3) is 0.280. The SMILES string of the molecule is CC[C@@H](C)n1c(C)nc2c(c1=O)c1nc3ccccc3nc1n2-c1cc(OC)ccc1OC. The van der Waals surface area contributed by atoms with Gasteiger partial charge in [-0.25, -0.2) is 15.0 Å². The molecule has 3 aromatic heterocycles. The molecule has 0 spiro atoms. The summed E-state index contributed by atoms with van der Waals surface area (Å²) >= 11 is 0. The lowest BCUT2D eigenvalue weighted by Gasteiger charge is -2.17. The first-order chi connectivity index (χ1) is 16.0. The van der Waals surface area contributed by atoms with Crippen LogP contribution in [0.1, 0.15) is 32.1 Å². The van der Waals surface area contributed by atoms with Gasteiger partial charge in [-0.3, -0.25) is 13.9 Å². The topological polar surface area (TPSA) is 84.1 Å². The number of aromatic nitrogens is 5. The zero-order chi connectivity index (χ0) is 23.3. The molecule has 0 fully saturated rings. The fourth-order valence-corrected chi connectivity index (χ4v) is 4.31. The van der Waals surface area contributed by atoms with Crippen LogP contribution in [0.4, 0.5) is 0 Å². The molecule has 2 aromatic carbocycles. The molecular weight excluding hydrogens is 418 g/mol. The maximum Gasteiger partial charge on any atom is 0.265 e. The van der Waals surface area contributed by atoms with Gasteiger partial charge in [-0.2, -0.15) is 0 Å². The van der Waals surface area contributed by atoms with E-state index in [1.54, 1.807) is 18.8 Å². The van der Waals surface area contributed by atoms with Crippen molar-refractivity contribution in [2.45, 2.75) is 33.2 Å². The maximum atomic E-state index is 13.8. The summed E-state index contributed by atoms with van der Waals surface area (Å²) < 4.78 is 14.7. The summed E-state index contributed by atoms with van der Waals surface area (Å²) in [6.45, 7) is 5.93. The van der Waals surface area contributed by atoms with Crippen molar-refractivity contribution in [3.63, 3.8) is 0 Å². The fourth-order valence-electron chi connectivity index (χ4n) is 4.31. The maximum absolute atomic E-state index is 13.8. The molecule has 168 valence electrons. The molecular formula is C25H25N5O3. The minimum absolute atomic E-state index is 0.00701. The largest absolute Gasteiger partial charge is 0.497 e. The number of benzene rings is 2. The Balaban J connectivity index is 2.03. The van der Waals surface area contributed by atoms with E-state index in [-0.39, 0.29) is 11.6 Å². The monoisotopic (exact) mass is 443 g/mol. The zero-order valence-corrected chi connectivity index (χ0v) is 19.3. The Kier molecular flexibility index (Phi) is 5.00. The summed E-state index contributed by atoms with van der Waals surface area (Å²) in [6.07, 6.45) is 0.810. The number of nitrogens with zero attached hydrogens (tertiary/aromatic N) is 5. The van der Waals surface area contributed by atoms with Crippen molar-refractivity contribution in [2.24, 2.45) is 0 Å². The van der Waals surface area contributed by atoms with Crippen LogP contribution < -0.4 is 15.0 Å². The van der Waals surface area contributed by atoms with Crippen molar-refractivity contribution in [1.29, 1.82) is 0 Å². The first-order valence-electron chi connectivity index (χ1n) is 10.9. The first-order valence-corrected chi connectivity index (χ1v) is 10.9. The molecule has 33 heavy (non-hydrogen) atoms. The van der Waals surface area contributed by atoms with Crippen LogP contribution in [0.3, 0.4) is 0 Å². The van der Waals surface area contributed by atoms with Crippen molar-refractivity contribution in [3.05, 3.63) is 58.6 Å². The van der Waals surface area contributed by atoms with E-state index in [1.165, 1.54) is 0 Å². The van der Waals surface area contributed by atoms with Gasteiger partial charge in [0, 0.05) is 12.1 Å². The van der Waals surface area contributed by atoms with E-state index < -0.39 is 0 Å². The number of hydrogen-bond donors (Lipinski definition) is 0. The minimum atomic E-state index is -0.123. The van der Waals surface area contributed by atoms with Gasteiger partial charge in [0.15, 0.2) is 11.3 Å². The van der Waals surface area contributed by atoms with Crippen LogP contribution in [0.2, 0.25) is 0 Å². The standard InChI is InChI=1S/C25H25N5O3/c1-6-14(2)29-15(3)26-23-21(25(29)31)22-24(28-18-10-8-7-9-17(18)27-22)30(23)19-13-16(32-4)11-12-20(19)33-5/h7-14H,6H2,1-5H3/t14-/m1/s1. The summed E-state index contributed by atoms with van der Waals surface area (Å²) in [4.78, 5) is 28.5. The molecule has 0 amide bonds. The number of methoxy groups -OCH3 is 2. The predicted molar refractivity (Wildman–Crippen MR) is 129 cm³/mol. The van der Waals surface area contributed by atoms with Crippen LogP contribution in [0.5, 0.6) is 11.5 Å². The Morgan fingerprint density at radius 1 is 0.970 bits per heavy atom. The molecule has 8 heteroatoms. The van der Waals surface area contributed by atoms with Crippen LogP contribution in [-0.2, 0) is 0 Å². The Hall–Kier alpha value is -3.94. The third-order valence-electron chi connectivity index (χ3n) is 6.14. The van der Waals surface area contributed by atoms with E-state index in [9.17, 15) is 4.79 Å². The van der Waals surface area contributed by atoms with Gasteiger partial charge < -0.3 is 9.47 Å². The lowest BCUT2D eigenvalue weighted by Crippen LogP contribution is -2.26. The molecule has 0 saturated heterocycles. The number of fused-ring (bicyclic) bond motifs is 4. The highest BCUT2D eigenvalue weighted by atomic mass is 16.5. The van der Waals surface area contributed by atoms with Crippen LogP contribution >= 0.6 is 0 Å². The van der Waals surface area contributed by atoms with Crippen LogP contribution in [0.25, 0.3) is 38.9 Å². The molecule has 8 nitrogen and oxygen atoms in total. The van der Waals surface area contributed by atoms with E-state index in [4.69, 9.17) is 24.4 Å². The molecule has 5 rings (SSSR count). The number of ether oxygens (including phenoxy) is 2. The van der Waals surface area contributed by atoms with Gasteiger partial charge in [-0.15, -0.1) is 0 Å². The van der Waals surface area contributed by atoms with Gasteiger partial charge in [0.25, 0.3) is 5.56 Å². The van der Waals surface area contributed by atoms with Crippen molar-refractivity contribution >= 4 is 33.2 Å². The highest BCUT2D eigenvalue weighted by molar-refractivity contribution is 6.06. The van der Waals surface area contributed by atoms with Crippen molar-refractivity contribution < 1.29 is 9.47 Å². The smallest absolute Gasteiger partial charge is 0.265 e. The highest BCUT2D eigenvalue weighted by Gasteiger charge is 2.25. The van der Waals surface area contributed by atoms with Crippen LogP contribution in [-0.4, -0.2) is 38.3 Å². The average Bonchev–Trinajstić information content (AvgIpc) is 3.14. The molecule has 0 aliphatic heterocycles. The molecule has 0 bridgehead atoms. The Labute approximate surface area is 190 Å². The molecule has 1 atom stereocenters. The van der Waals surface area contributed by atoms with E-state index in [1.807, 2.05) is 60.9 Å². The van der Waals surface area contributed by atoms with Gasteiger partial charge >= 0.3 is 0 Å². The van der Waals surface area contributed by atoms with E-state index in [0.717, 1.165) is 17.5 Å². The molecule has 0 aliphatic carbocycles. The summed E-state index contributed by atoms with van der Waals surface area (Å²) in [5.41, 5.74) is 3.56. The molecule has 3 heterocycles. The number of rotatable bonds is 5. The highest BCUT2D eigenvalue weighted by Crippen LogP contribution is 2.35. The second-order valence-corrected chi connectivity index (χ2v) is 8.05. The van der Waals surface area contributed by atoms with Crippen LogP contribution in [0, 0.1) is 6.92 Å². The second kappa shape index (κ2) is 7.88. The molecule has 0 unspecified atom stereocenters. The van der Waals surface area contributed by atoms with Crippen molar-refractivity contribution in [1.82, 2.24) is 24.1 Å². The molecule has 0 N–H and O–H groups in total. The molecule has 0 aliphatic rings. The quantitative estimate of drug-likeness (QED) is 0.395. The summed E-state index contributed by atoms with van der Waals surface area (Å²) in [7, 11) is 3.22. The average molecular weight is 444 g/mol. The van der Waals surface area contributed by atoms with Gasteiger partial charge in [0.05, 0.1) is 30.9 Å². The Morgan fingerprint density at radius 3 is 2.36 bits per heavy atom. The first kappa shape index (κ1) is 20.9. The Bertz CT molecular complexity index is 1580. The Morgan fingerprint density at radius 2 is 1.70 bits per heavy atom. The molecule has 5 aromatic rings. The summed E-state index contributed by atoms with van der Waals surface area (Å²) in [6, 6.07) is 13.1. The summed E-state index contributed by atoms with van der Waals surface area (Å²) in [5.74, 6) is 1.90. The normalized spacial score (nSPS) is 12.5. The lowest BCUT2D eigenvalue weighted by molar-refractivity contribution is 0.402. The minimum Gasteiger partial charge on any atom is -0.497 e. The molecule has 0 saturated carbocycles. The van der Waals surface area contributed by atoms with E-state index >= 15 is 0 Å². The third kappa shape index (κ3) is 3.13. The van der Waals surface area contributed by atoms with E-state index in [2.05, 4.69) is 6.92 Å². The zero-order valence-electron chi connectivity index (χ0n) is 19.3. The van der Waals surface area contributed by atoms with E-state index in [0.29, 0.717) is 45.2 Å². The number of hydrogen-bond acceptors (Lipinski definition) is 6. The second-order valence-electron chi connectivity index (χ2n) is 8.05. The molecule has 0 radical (unpaired) electrons. The van der Waals surface area contributed by atoms with Crippen molar-refractivity contribution in [2.75, 3.05) is 14.2 Å². The van der Waals surface area contributed by atoms with Gasteiger partial charge in [-0.1, -0.05) is 19.1 Å². The predicted octanol–water partition coefficient (Wildman–Crippen LogP) is 4.58. The third-order valence-corrected chi connectivity index (χ3v) is 6.14. The van der Waals surface area contributed by atoms with Gasteiger partial charge in [0.2, 0.25) is 0 Å².